The van der Waals surface area contributed by atoms with Crippen molar-refractivity contribution in [2.24, 2.45) is 0 Å². The van der Waals surface area contributed by atoms with E-state index in [1.54, 1.807) is 0 Å². The zero-order chi connectivity index (χ0) is 5.15. The summed E-state index contributed by atoms with van der Waals surface area (Å²) in [5.74, 6) is 0. The lowest BCUT2D eigenvalue weighted by Crippen LogP contribution is -2.34. The van der Waals surface area contributed by atoms with Crippen LogP contribution in [0, 0.1) is 0 Å². The summed E-state index contributed by atoms with van der Waals surface area (Å²) in [6.45, 7) is 0. The lowest BCUT2D eigenvalue weighted by Gasteiger charge is -2.04. The maximum absolute atomic E-state index is 2.00. The van der Waals surface area contributed by atoms with Crippen LogP contribution in [-0.4, -0.2) is 33.2 Å². The molecule has 0 aromatic rings. The first-order chi connectivity index (χ1) is 2.64. The third-order valence-electron chi connectivity index (χ3n) is 0.800. The number of hydrazine groups is 1. The van der Waals surface area contributed by atoms with Gasteiger partial charge in [-0.1, -0.05) is 5.01 Å². The average Bonchev–Trinajstić information content (AvgIpc) is 1.36. The predicted octanol–water partition coefficient (Wildman–Crippen LogP) is -0.137. The monoisotopic (exact) mass is 88.1 g/mol. The Morgan fingerprint density at radius 1 is 1.17 bits per heavy atom. The van der Waals surface area contributed by atoms with Crippen LogP contribution < -0.4 is 5.01 Å². The Morgan fingerprint density at radius 3 is 1.33 bits per heavy atom. The Morgan fingerprint density at radius 2 is 1.33 bits per heavy atom. The standard InChI is InChI=1S/C4H12N2/c1-5(2)6(3)4/h1-4H3/q+1. The number of rotatable bonds is 1. The first kappa shape index (κ1) is 5.92. The topological polar surface area (TPSA) is 9.14 Å². The van der Waals surface area contributed by atoms with E-state index in [-0.39, 0.29) is 0 Å². The summed E-state index contributed by atoms with van der Waals surface area (Å²) in [6.07, 6.45) is 0. The van der Waals surface area contributed by atoms with E-state index in [4.69, 9.17) is 0 Å². The first-order valence-corrected chi connectivity index (χ1v) is 1.99. The quantitative estimate of drug-likeness (QED) is 0.320. The van der Waals surface area contributed by atoms with E-state index < -0.39 is 0 Å². The van der Waals surface area contributed by atoms with Gasteiger partial charge in [-0.05, 0) is 0 Å². The van der Waals surface area contributed by atoms with Crippen molar-refractivity contribution in [3.05, 3.63) is 0 Å². The van der Waals surface area contributed by atoms with Crippen LogP contribution in [0.1, 0.15) is 0 Å². The van der Waals surface area contributed by atoms with Crippen LogP contribution >= 0.6 is 0 Å². The molecule has 0 saturated heterocycles. The highest BCUT2D eigenvalue weighted by molar-refractivity contribution is 4.30. The summed E-state index contributed by atoms with van der Waals surface area (Å²) >= 11 is 0. The molecule has 0 bridgehead atoms. The molecule has 0 aliphatic carbocycles. The van der Waals surface area contributed by atoms with Gasteiger partial charge in [0.1, 0.15) is 14.1 Å². The molecule has 6 heavy (non-hydrogen) atoms. The zero-order valence-electron chi connectivity index (χ0n) is 4.89. The van der Waals surface area contributed by atoms with Crippen molar-refractivity contribution in [3.63, 3.8) is 0 Å². The Balaban J connectivity index is 2.99. The van der Waals surface area contributed by atoms with Gasteiger partial charge in [0.2, 0.25) is 0 Å². The van der Waals surface area contributed by atoms with E-state index in [1.807, 2.05) is 38.2 Å². The maximum atomic E-state index is 2.00. The summed E-state index contributed by atoms with van der Waals surface area (Å²) < 4.78 is 0. The fourth-order valence-corrected chi connectivity index (χ4v) is 0. The van der Waals surface area contributed by atoms with Crippen LogP contribution in [0.4, 0.5) is 0 Å². The average molecular weight is 88.2 g/mol. The van der Waals surface area contributed by atoms with Gasteiger partial charge in [0.15, 0.2) is 0 Å². The summed E-state index contributed by atoms with van der Waals surface area (Å²) in [4.78, 5) is 0. The molecular weight excluding hydrogens is 76.1 g/mol. The van der Waals surface area contributed by atoms with Gasteiger partial charge < -0.3 is 0 Å². The van der Waals surface area contributed by atoms with Crippen molar-refractivity contribution in [3.8, 4) is 0 Å². The van der Waals surface area contributed by atoms with E-state index in [0.717, 1.165) is 0 Å². The van der Waals surface area contributed by atoms with Gasteiger partial charge in [-0.3, -0.25) is 0 Å². The van der Waals surface area contributed by atoms with Gasteiger partial charge in [0.05, 0.1) is 0 Å². The lowest BCUT2D eigenvalue weighted by molar-refractivity contribution is 0.195. The van der Waals surface area contributed by atoms with E-state index in [2.05, 4.69) is 0 Å². The second-order valence-electron chi connectivity index (χ2n) is 1.69. The summed E-state index contributed by atoms with van der Waals surface area (Å²) in [5.41, 5.74) is 0. The molecule has 0 rings (SSSR count). The van der Waals surface area contributed by atoms with Gasteiger partial charge in [0, 0.05) is 14.1 Å². The van der Waals surface area contributed by atoms with Crippen molar-refractivity contribution in [2.75, 3.05) is 28.2 Å². The molecule has 0 unspecified atom stereocenters. The second-order valence-corrected chi connectivity index (χ2v) is 1.69. The summed E-state index contributed by atoms with van der Waals surface area (Å²) in [5, 5.41) is 4.00. The predicted molar refractivity (Wildman–Crippen MR) is 27.7 cm³/mol. The fraction of sp³-hybridized carbons (Fsp3) is 1.00. The fourth-order valence-electron chi connectivity index (χ4n) is 0. The van der Waals surface area contributed by atoms with E-state index in [1.165, 1.54) is 0 Å². The SMILES string of the molecule is CN(C)[N+](C)C. The lowest BCUT2D eigenvalue weighted by atomic mass is 11.0. The molecule has 0 heterocycles. The molecule has 0 amide bonds. The normalized spacial score (nSPS) is 11.0. The molecule has 0 aliphatic rings. The number of hydrogen-bond donors (Lipinski definition) is 0. The first-order valence-electron chi connectivity index (χ1n) is 1.99. The molecule has 0 fully saturated rings. The third kappa shape index (κ3) is 2.18. The molecule has 2 nitrogen and oxygen atoms in total. The minimum Gasteiger partial charge on any atom is -0.113 e. The van der Waals surface area contributed by atoms with Crippen LogP contribution in [0.3, 0.4) is 0 Å². The molecule has 2 heteroatoms. The largest absolute Gasteiger partial charge is 0.134 e. The van der Waals surface area contributed by atoms with Crippen molar-refractivity contribution in [1.82, 2.24) is 10.0 Å². The van der Waals surface area contributed by atoms with Gasteiger partial charge >= 0.3 is 0 Å². The van der Waals surface area contributed by atoms with Crippen molar-refractivity contribution >= 4 is 0 Å². The molecule has 0 aromatic carbocycles. The van der Waals surface area contributed by atoms with Crippen LogP contribution in [0.2, 0.25) is 0 Å². The summed E-state index contributed by atoms with van der Waals surface area (Å²) in [6, 6.07) is 0. The van der Waals surface area contributed by atoms with E-state index >= 15 is 0 Å². The molecular formula is C4H12N2+. The maximum Gasteiger partial charge on any atom is 0.134 e. The molecule has 0 aliphatic heterocycles. The van der Waals surface area contributed by atoms with Crippen LogP contribution in [0.5, 0.6) is 0 Å². The van der Waals surface area contributed by atoms with Crippen molar-refractivity contribution < 1.29 is 0 Å². The van der Waals surface area contributed by atoms with Gasteiger partial charge in [-0.2, -0.15) is 0 Å². The van der Waals surface area contributed by atoms with Crippen LogP contribution in [0.25, 0.3) is 0 Å². The number of nitrogens with zero attached hydrogens (tertiary/aromatic N) is 2. The van der Waals surface area contributed by atoms with Crippen molar-refractivity contribution in [2.45, 2.75) is 0 Å². The van der Waals surface area contributed by atoms with Gasteiger partial charge in [-0.25, -0.2) is 0 Å². The van der Waals surface area contributed by atoms with E-state index in [0.29, 0.717) is 0 Å². The highest BCUT2D eigenvalue weighted by Crippen LogP contribution is 1.67. The minimum absolute atomic E-state index is 2.00. The van der Waals surface area contributed by atoms with E-state index in [9.17, 15) is 0 Å². The molecule has 0 spiro atoms. The molecule has 0 N–H and O–H groups in total. The molecule has 1 radical (unpaired) electrons. The molecule has 0 aromatic heterocycles. The van der Waals surface area contributed by atoms with Crippen LogP contribution in [-0.2, 0) is 0 Å². The van der Waals surface area contributed by atoms with Crippen molar-refractivity contribution in [1.29, 1.82) is 0 Å². The highest BCUT2D eigenvalue weighted by atomic mass is 15.6. The van der Waals surface area contributed by atoms with Crippen LogP contribution in [0.15, 0.2) is 0 Å². The number of hydrogen-bond acceptors (Lipinski definition) is 2. The minimum atomic E-state index is 2.00. The molecule has 0 atom stereocenters. The Bertz CT molecular complexity index is 26.5. The highest BCUT2D eigenvalue weighted by Gasteiger charge is 1.97. The Kier molecular flexibility index (Phi) is 2.13. The summed E-state index contributed by atoms with van der Waals surface area (Å²) in [7, 11) is 8.00. The molecule has 37 valence electrons. The second kappa shape index (κ2) is 2.16. The molecule has 0 saturated carbocycles. The van der Waals surface area contributed by atoms with Gasteiger partial charge in [0.25, 0.3) is 0 Å². The Hall–Kier alpha value is -0.0800. The zero-order valence-corrected chi connectivity index (χ0v) is 4.89. The smallest absolute Gasteiger partial charge is 0.113 e. The third-order valence-corrected chi connectivity index (χ3v) is 0.800. The Labute approximate surface area is 39.3 Å². The van der Waals surface area contributed by atoms with Gasteiger partial charge in [-0.15, -0.1) is 5.01 Å².